The Morgan fingerprint density at radius 3 is 2.62 bits per heavy atom. The van der Waals surface area contributed by atoms with Crippen molar-refractivity contribution >= 4 is 5.91 Å². The van der Waals surface area contributed by atoms with Gasteiger partial charge in [0.1, 0.15) is 0 Å². The third-order valence-electron chi connectivity index (χ3n) is 3.55. The van der Waals surface area contributed by atoms with Crippen molar-refractivity contribution in [2.24, 2.45) is 0 Å². The summed E-state index contributed by atoms with van der Waals surface area (Å²) in [6.07, 6.45) is 11.0. The van der Waals surface area contributed by atoms with Crippen LogP contribution >= 0.6 is 0 Å². The van der Waals surface area contributed by atoms with Gasteiger partial charge in [-0.2, -0.15) is 0 Å². The minimum Gasteiger partial charge on any atom is -0.346 e. The molecule has 1 aromatic carbocycles. The molecule has 2 heteroatoms. The van der Waals surface area contributed by atoms with Gasteiger partial charge in [-0.25, -0.2) is 0 Å². The van der Waals surface area contributed by atoms with Gasteiger partial charge in [-0.15, -0.1) is 0 Å². The number of amides is 1. The van der Waals surface area contributed by atoms with Gasteiger partial charge < -0.3 is 5.32 Å². The second kappa shape index (κ2) is 9.17. The molecule has 0 heterocycles. The number of nitrogens with one attached hydrogen (secondary N) is 1. The van der Waals surface area contributed by atoms with E-state index in [0.29, 0.717) is 0 Å². The van der Waals surface area contributed by atoms with Crippen molar-refractivity contribution in [3.63, 3.8) is 0 Å². The highest BCUT2D eigenvalue weighted by molar-refractivity contribution is 5.94. The molecule has 21 heavy (non-hydrogen) atoms. The van der Waals surface area contributed by atoms with Crippen LogP contribution in [0.25, 0.3) is 0 Å². The van der Waals surface area contributed by atoms with Crippen LogP contribution in [0.5, 0.6) is 0 Å². The van der Waals surface area contributed by atoms with E-state index in [0.717, 1.165) is 24.8 Å². The van der Waals surface area contributed by atoms with Crippen LogP contribution < -0.4 is 5.32 Å². The average molecular weight is 285 g/mol. The van der Waals surface area contributed by atoms with E-state index in [4.69, 9.17) is 0 Å². The normalized spacial score (nSPS) is 13.0. The Labute approximate surface area is 129 Å². The number of aryl methyl sites for hydroxylation is 2. The predicted octanol–water partition coefficient (Wildman–Crippen LogP) is 4.59. The Balaban J connectivity index is 2.79. The minimum atomic E-state index is 0.00401. The Morgan fingerprint density at radius 2 is 2.05 bits per heavy atom. The standard InChI is InChI=1S/C19H27NO/c1-5-8-9-11-18(10-6-2)20-19(21)17-13-12-16(7-3)15(4)14-17/h5,8-9,11-14,18H,6-7,10H2,1-4H3,(H,20,21)/b8-5-,11-9+. The van der Waals surface area contributed by atoms with Gasteiger partial charge in [-0.1, -0.05) is 50.6 Å². The van der Waals surface area contributed by atoms with Gasteiger partial charge in [0.15, 0.2) is 0 Å². The van der Waals surface area contributed by atoms with Crippen LogP contribution in [0.2, 0.25) is 0 Å². The zero-order valence-electron chi connectivity index (χ0n) is 13.6. The van der Waals surface area contributed by atoms with Crippen molar-refractivity contribution < 1.29 is 4.79 Å². The summed E-state index contributed by atoms with van der Waals surface area (Å²) in [4.78, 5) is 12.4. The maximum absolute atomic E-state index is 12.4. The van der Waals surface area contributed by atoms with E-state index in [2.05, 4.69) is 38.2 Å². The summed E-state index contributed by atoms with van der Waals surface area (Å²) in [6.45, 7) is 8.30. The number of rotatable bonds is 7. The van der Waals surface area contributed by atoms with E-state index >= 15 is 0 Å². The van der Waals surface area contributed by atoms with Crippen molar-refractivity contribution in [2.75, 3.05) is 0 Å². The first kappa shape index (κ1) is 17.2. The minimum absolute atomic E-state index is 0.00401. The molecule has 0 bridgehead atoms. The van der Waals surface area contributed by atoms with E-state index in [1.807, 2.05) is 37.3 Å². The molecule has 114 valence electrons. The molecule has 1 unspecified atom stereocenters. The predicted molar refractivity (Wildman–Crippen MR) is 90.7 cm³/mol. The van der Waals surface area contributed by atoms with Gasteiger partial charge in [0, 0.05) is 11.6 Å². The van der Waals surface area contributed by atoms with Crippen LogP contribution in [-0.2, 0) is 6.42 Å². The Kier molecular flexibility index (Phi) is 7.52. The van der Waals surface area contributed by atoms with E-state index in [-0.39, 0.29) is 11.9 Å². The Hall–Kier alpha value is -1.83. The number of hydrogen-bond acceptors (Lipinski definition) is 1. The van der Waals surface area contributed by atoms with E-state index in [1.165, 1.54) is 11.1 Å². The zero-order valence-corrected chi connectivity index (χ0v) is 13.6. The summed E-state index contributed by atoms with van der Waals surface area (Å²) in [5, 5.41) is 3.10. The average Bonchev–Trinajstić information content (AvgIpc) is 2.47. The lowest BCUT2D eigenvalue weighted by Gasteiger charge is -2.15. The fourth-order valence-corrected chi connectivity index (χ4v) is 2.32. The molecule has 0 aliphatic rings. The van der Waals surface area contributed by atoms with Crippen LogP contribution in [0, 0.1) is 6.92 Å². The van der Waals surface area contributed by atoms with Crippen LogP contribution in [0.15, 0.2) is 42.5 Å². The fourth-order valence-electron chi connectivity index (χ4n) is 2.32. The first-order chi connectivity index (χ1) is 10.1. The summed E-state index contributed by atoms with van der Waals surface area (Å²) in [5.74, 6) is 0.00401. The van der Waals surface area contributed by atoms with E-state index in [1.54, 1.807) is 0 Å². The number of benzene rings is 1. The third-order valence-corrected chi connectivity index (χ3v) is 3.55. The highest BCUT2D eigenvalue weighted by atomic mass is 16.1. The van der Waals surface area contributed by atoms with Gasteiger partial charge in [0.25, 0.3) is 5.91 Å². The van der Waals surface area contributed by atoms with Crippen LogP contribution in [0.1, 0.15) is 55.1 Å². The fraction of sp³-hybridized carbons (Fsp3) is 0.421. The highest BCUT2D eigenvalue weighted by Gasteiger charge is 2.11. The molecular formula is C19H27NO. The lowest BCUT2D eigenvalue weighted by atomic mass is 10.0. The SMILES string of the molecule is C/C=C\C=C\C(CCC)NC(=O)c1ccc(CC)c(C)c1. The van der Waals surface area contributed by atoms with Gasteiger partial charge in [0.2, 0.25) is 0 Å². The number of carbonyl (C=O) groups excluding carboxylic acids is 1. The molecule has 2 nitrogen and oxygen atoms in total. The monoisotopic (exact) mass is 285 g/mol. The molecule has 1 atom stereocenters. The molecule has 1 rings (SSSR count). The van der Waals surface area contributed by atoms with Gasteiger partial charge in [-0.3, -0.25) is 4.79 Å². The van der Waals surface area contributed by atoms with Crippen molar-refractivity contribution in [3.8, 4) is 0 Å². The molecule has 0 saturated carbocycles. The molecule has 0 aromatic heterocycles. The molecule has 0 fully saturated rings. The largest absolute Gasteiger partial charge is 0.346 e. The Morgan fingerprint density at radius 1 is 1.29 bits per heavy atom. The van der Waals surface area contributed by atoms with Gasteiger partial charge >= 0.3 is 0 Å². The van der Waals surface area contributed by atoms with Crippen LogP contribution in [0.3, 0.4) is 0 Å². The number of carbonyl (C=O) groups is 1. The zero-order chi connectivity index (χ0) is 15.7. The van der Waals surface area contributed by atoms with Gasteiger partial charge in [0.05, 0.1) is 0 Å². The van der Waals surface area contributed by atoms with Gasteiger partial charge in [-0.05, 0) is 49.9 Å². The maximum Gasteiger partial charge on any atom is 0.251 e. The molecule has 0 aliphatic heterocycles. The van der Waals surface area contributed by atoms with Crippen molar-refractivity contribution in [1.82, 2.24) is 5.32 Å². The molecular weight excluding hydrogens is 258 g/mol. The lowest BCUT2D eigenvalue weighted by molar-refractivity contribution is 0.0943. The molecule has 0 saturated heterocycles. The first-order valence-electron chi connectivity index (χ1n) is 7.82. The quantitative estimate of drug-likeness (QED) is 0.729. The van der Waals surface area contributed by atoms with Crippen molar-refractivity contribution in [2.45, 2.75) is 53.0 Å². The summed E-state index contributed by atoms with van der Waals surface area (Å²) in [6, 6.07) is 6.03. The molecule has 1 amide bonds. The maximum atomic E-state index is 12.4. The van der Waals surface area contributed by atoms with E-state index < -0.39 is 0 Å². The molecule has 0 spiro atoms. The van der Waals surface area contributed by atoms with Crippen molar-refractivity contribution in [3.05, 3.63) is 59.2 Å². The third kappa shape index (κ3) is 5.58. The summed E-state index contributed by atoms with van der Waals surface area (Å²) in [7, 11) is 0. The second-order valence-corrected chi connectivity index (χ2v) is 5.27. The van der Waals surface area contributed by atoms with E-state index in [9.17, 15) is 4.79 Å². The molecule has 1 N–H and O–H groups in total. The summed E-state index contributed by atoms with van der Waals surface area (Å²) >= 11 is 0. The summed E-state index contributed by atoms with van der Waals surface area (Å²) in [5.41, 5.74) is 3.22. The highest BCUT2D eigenvalue weighted by Crippen LogP contribution is 2.12. The second-order valence-electron chi connectivity index (χ2n) is 5.27. The molecule has 0 aliphatic carbocycles. The topological polar surface area (TPSA) is 29.1 Å². The molecule has 0 radical (unpaired) electrons. The smallest absolute Gasteiger partial charge is 0.251 e. The molecule has 1 aromatic rings. The number of allylic oxidation sites excluding steroid dienone is 3. The van der Waals surface area contributed by atoms with Crippen LogP contribution in [-0.4, -0.2) is 11.9 Å². The van der Waals surface area contributed by atoms with Crippen LogP contribution in [0.4, 0.5) is 0 Å². The Bertz CT molecular complexity index is 514. The first-order valence-corrected chi connectivity index (χ1v) is 7.82. The van der Waals surface area contributed by atoms with Crippen molar-refractivity contribution in [1.29, 1.82) is 0 Å². The number of hydrogen-bond donors (Lipinski definition) is 1. The lowest BCUT2D eigenvalue weighted by Crippen LogP contribution is -2.33. The summed E-state index contributed by atoms with van der Waals surface area (Å²) < 4.78 is 0.